The second kappa shape index (κ2) is 6.39. The van der Waals surface area contributed by atoms with E-state index in [1.54, 1.807) is 6.07 Å². The van der Waals surface area contributed by atoms with Crippen LogP contribution in [0, 0.1) is 0 Å². The first kappa shape index (κ1) is 15.8. The maximum absolute atomic E-state index is 13.1. The van der Waals surface area contributed by atoms with Crippen molar-refractivity contribution in [3.63, 3.8) is 0 Å². The van der Waals surface area contributed by atoms with Gasteiger partial charge in [-0.05, 0) is 25.0 Å². The minimum Gasteiger partial charge on any atom is -0.355 e. The van der Waals surface area contributed by atoms with Crippen molar-refractivity contribution >= 4 is 16.9 Å². The molecule has 1 N–H and O–H groups in total. The van der Waals surface area contributed by atoms with E-state index < -0.39 is 0 Å². The summed E-state index contributed by atoms with van der Waals surface area (Å²) >= 11 is 0. The number of aromatic nitrogens is 3. The molecular formula is C21H18N4O2. The third-order valence-electron chi connectivity index (χ3n) is 5.02. The van der Waals surface area contributed by atoms with E-state index in [0.717, 1.165) is 35.3 Å². The predicted octanol–water partition coefficient (Wildman–Crippen LogP) is 4.20. The molecule has 0 aliphatic carbocycles. The van der Waals surface area contributed by atoms with Gasteiger partial charge in [-0.2, -0.15) is 0 Å². The molecular weight excluding hydrogens is 340 g/mol. The zero-order valence-electron chi connectivity index (χ0n) is 14.6. The lowest BCUT2D eigenvalue weighted by Gasteiger charge is -2.21. The highest BCUT2D eigenvalue weighted by Gasteiger charge is 2.34. The van der Waals surface area contributed by atoms with Gasteiger partial charge in [0.2, 0.25) is 0 Å². The first-order valence-electron chi connectivity index (χ1n) is 9.07. The summed E-state index contributed by atoms with van der Waals surface area (Å²) in [5, 5.41) is 4.01. The Morgan fingerprint density at radius 3 is 2.78 bits per heavy atom. The maximum atomic E-state index is 13.1. The van der Waals surface area contributed by atoms with Crippen molar-refractivity contribution in [1.29, 1.82) is 0 Å². The number of amides is 1. The molecule has 1 saturated heterocycles. The van der Waals surface area contributed by atoms with Crippen LogP contribution in [0.5, 0.6) is 0 Å². The lowest BCUT2D eigenvalue weighted by Crippen LogP contribution is -2.31. The molecule has 1 unspecified atom stereocenters. The molecule has 6 nitrogen and oxygen atoms in total. The Hall–Kier alpha value is -3.41. The van der Waals surface area contributed by atoms with Crippen LogP contribution in [0.1, 0.15) is 35.2 Å². The number of carbonyl (C=O) groups excluding carboxylic acids is 1. The van der Waals surface area contributed by atoms with E-state index in [1.165, 1.54) is 0 Å². The van der Waals surface area contributed by atoms with Crippen LogP contribution in [-0.4, -0.2) is 32.5 Å². The largest absolute Gasteiger partial charge is 0.355 e. The van der Waals surface area contributed by atoms with Gasteiger partial charge in [0.1, 0.15) is 5.82 Å². The highest BCUT2D eigenvalue weighted by Crippen LogP contribution is 2.33. The molecule has 6 heteroatoms. The number of carbonyl (C=O) groups is 1. The fourth-order valence-electron chi connectivity index (χ4n) is 3.69. The quantitative estimate of drug-likeness (QED) is 0.596. The Kier molecular flexibility index (Phi) is 3.74. The number of H-pyrrole nitrogens is 1. The molecule has 2 aromatic heterocycles. The monoisotopic (exact) mass is 358 g/mol. The smallest absolute Gasteiger partial charge is 0.276 e. The summed E-state index contributed by atoms with van der Waals surface area (Å²) in [6.07, 6.45) is 1.83. The standard InChI is InChI=1S/C21H18N4O2/c26-21(17-13-19(27-24-17)14-7-2-1-3-8-14)25-12-6-11-18(25)20-22-15-9-4-5-10-16(15)23-20/h1-5,7-10,13,18H,6,11-12H2,(H,22,23). The Labute approximate surface area is 155 Å². The van der Waals surface area contributed by atoms with Gasteiger partial charge in [-0.25, -0.2) is 4.98 Å². The van der Waals surface area contributed by atoms with Crippen LogP contribution in [-0.2, 0) is 0 Å². The topological polar surface area (TPSA) is 75.0 Å². The third-order valence-corrected chi connectivity index (χ3v) is 5.02. The molecule has 0 bridgehead atoms. The van der Waals surface area contributed by atoms with Crippen molar-refractivity contribution in [2.45, 2.75) is 18.9 Å². The molecule has 1 amide bonds. The molecule has 2 aromatic carbocycles. The summed E-state index contributed by atoms with van der Waals surface area (Å²) in [5.74, 6) is 1.30. The average molecular weight is 358 g/mol. The van der Waals surface area contributed by atoms with E-state index >= 15 is 0 Å². The van der Waals surface area contributed by atoms with Crippen LogP contribution in [0.3, 0.4) is 0 Å². The van der Waals surface area contributed by atoms with Gasteiger partial charge in [0.15, 0.2) is 11.5 Å². The fourth-order valence-corrected chi connectivity index (χ4v) is 3.69. The highest BCUT2D eigenvalue weighted by molar-refractivity contribution is 5.93. The van der Waals surface area contributed by atoms with E-state index in [9.17, 15) is 4.79 Å². The lowest BCUT2D eigenvalue weighted by molar-refractivity contribution is 0.0720. The van der Waals surface area contributed by atoms with Crippen molar-refractivity contribution in [2.75, 3.05) is 6.54 Å². The number of hydrogen-bond acceptors (Lipinski definition) is 4. The summed E-state index contributed by atoms with van der Waals surface area (Å²) in [4.78, 5) is 22.9. The number of nitrogens with one attached hydrogen (secondary N) is 1. The van der Waals surface area contributed by atoms with Crippen LogP contribution in [0.2, 0.25) is 0 Å². The average Bonchev–Trinajstić information content (AvgIpc) is 3.46. The first-order chi connectivity index (χ1) is 13.3. The van der Waals surface area contributed by atoms with Gasteiger partial charge in [0.25, 0.3) is 5.91 Å². The number of rotatable bonds is 3. The Morgan fingerprint density at radius 2 is 1.93 bits per heavy atom. The Morgan fingerprint density at radius 1 is 1.11 bits per heavy atom. The van der Waals surface area contributed by atoms with Crippen molar-refractivity contribution in [2.24, 2.45) is 0 Å². The minimum atomic E-state index is -0.121. The number of imidazole rings is 1. The molecule has 27 heavy (non-hydrogen) atoms. The van der Waals surface area contributed by atoms with Gasteiger partial charge in [-0.3, -0.25) is 4.79 Å². The molecule has 0 spiro atoms. The second-order valence-electron chi connectivity index (χ2n) is 6.74. The van der Waals surface area contributed by atoms with Gasteiger partial charge in [0.05, 0.1) is 17.1 Å². The van der Waals surface area contributed by atoms with E-state index in [4.69, 9.17) is 4.52 Å². The summed E-state index contributed by atoms with van der Waals surface area (Å²) in [7, 11) is 0. The van der Waals surface area contributed by atoms with Crippen molar-refractivity contribution in [3.05, 3.63) is 72.2 Å². The maximum Gasteiger partial charge on any atom is 0.276 e. The fraction of sp³-hybridized carbons (Fsp3) is 0.190. The number of likely N-dealkylation sites (tertiary alicyclic amines) is 1. The second-order valence-corrected chi connectivity index (χ2v) is 6.74. The molecule has 3 heterocycles. The molecule has 0 radical (unpaired) electrons. The van der Waals surface area contributed by atoms with E-state index in [1.807, 2.05) is 59.5 Å². The van der Waals surface area contributed by atoms with Gasteiger partial charge in [-0.1, -0.05) is 47.6 Å². The van der Waals surface area contributed by atoms with E-state index in [2.05, 4.69) is 15.1 Å². The van der Waals surface area contributed by atoms with Crippen LogP contribution in [0.25, 0.3) is 22.4 Å². The normalized spacial score (nSPS) is 16.9. The Bertz CT molecular complexity index is 1070. The van der Waals surface area contributed by atoms with Gasteiger partial charge >= 0.3 is 0 Å². The number of benzene rings is 2. The Balaban J connectivity index is 1.43. The third kappa shape index (κ3) is 2.79. The molecule has 1 atom stereocenters. The zero-order valence-corrected chi connectivity index (χ0v) is 14.6. The van der Waals surface area contributed by atoms with Crippen molar-refractivity contribution in [1.82, 2.24) is 20.0 Å². The van der Waals surface area contributed by atoms with Crippen LogP contribution >= 0.6 is 0 Å². The predicted molar refractivity (Wildman–Crippen MR) is 101 cm³/mol. The van der Waals surface area contributed by atoms with Crippen molar-refractivity contribution in [3.8, 4) is 11.3 Å². The molecule has 1 aliphatic rings. The number of hydrogen-bond donors (Lipinski definition) is 1. The highest BCUT2D eigenvalue weighted by atomic mass is 16.5. The molecule has 5 rings (SSSR count). The van der Waals surface area contributed by atoms with Crippen LogP contribution < -0.4 is 0 Å². The summed E-state index contributed by atoms with van der Waals surface area (Å²) in [6, 6.07) is 19.2. The van der Waals surface area contributed by atoms with Crippen molar-refractivity contribution < 1.29 is 9.32 Å². The molecule has 1 aliphatic heterocycles. The van der Waals surface area contributed by atoms with E-state index in [-0.39, 0.29) is 11.9 Å². The minimum absolute atomic E-state index is 0.0678. The van der Waals surface area contributed by atoms with Gasteiger partial charge in [-0.15, -0.1) is 0 Å². The summed E-state index contributed by atoms with van der Waals surface area (Å²) < 4.78 is 5.40. The van der Waals surface area contributed by atoms with Gasteiger partial charge < -0.3 is 14.4 Å². The first-order valence-corrected chi connectivity index (χ1v) is 9.07. The number of para-hydroxylation sites is 2. The van der Waals surface area contributed by atoms with Crippen LogP contribution in [0.15, 0.2) is 65.2 Å². The number of aromatic amines is 1. The van der Waals surface area contributed by atoms with Gasteiger partial charge in [0, 0.05) is 18.2 Å². The lowest BCUT2D eigenvalue weighted by atomic mass is 10.1. The molecule has 0 saturated carbocycles. The van der Waals surface area contributed by atoms with Crippen LogP contribution in [0.4, 0.5) is 0 Å². The SMILES string of the molecule is O=C(c1cc(-c2ccccc2)on1)N1CCCC1c1nc2ccccc2[nH]1. The summed E-state index contributed by atoms with van der Waals surface area (Å²) in [5.41, 5.74) is 3.13. The number of fused-ring (bicyclic) bond motifs is 1. The summed E-state index contributed by atoms with van der Waals surface area (Å²) in [6.45, 7) is 0.689. The molecule has 4 aromatic rings. The molecule has 134 valence electrons. The molecule has 1 fully saturated rings. The zero-order chi connectivity index (χ0) is 18.2. The number of nitrogens with zero attached hydrogens (tertiary/aromatic N) is 3. The van der Waals surface area contributed by atoms with E-state index in [0.29, 0.717) is 18.0 Å².